The highest BCUT2D eigenvalue weighted by atomic mass is 32.2. The van der Waals surface area contributed by atoms with Gasteiger partial charge in [-0.3, -0.25) is 9.52 Å². The van der Waals surface area contributed by atoms with E-state index in [1.165, 1.54) is 30.3 Å². The number of rotatable bonds is 5. The Kier molecular flexibility index (Phi) is 5.46. The number of carbonyl (C=O) groups is 1. The molecule has 0 saturated carbocycles. The summed E-state index contributed by atoms with van der Waals surface area (Å²) in [7, 11) is -4.04. The van der Waals surface area contributed by atoms with Crippen LogP contribution < -0.4 is 10.0 Å². The second-order valence-electron chi connectivity index (χ2n) is 6.39. The third-order valence-electron chi connectivity index (χ3n) is 4.17. The molecular weight excluding hydrogens is 379 g/mol. The Balaban J connectivity index is 1.87. The van der Waals surface area contributed by atoms with Crippen LogP contribution in [0.25, 0.3) is 0 Å². The van der Waals surface area contributed by atoms with Gasteiger partial charge in [0.05, 0.1) is 10.6 Å². The molecule has 0 unspecified atom stereocenters. The van der Waals surface area contributed by atoms with Crippen LogP contribution in [0.3, 0.4) is 0 Å². The standard InChI is InChI=1S/C21H19FN2O3S/c1-14-7-10-16(11-8-14)21(25)23-17-12-9-15(2)20(13-17)28(26,27)24-19-6-4-3-5-18(19)22/h3-13,24H,1-2H3,(H,23,25). The van der Waals surface area contributed by atoms with E-state index >= 15 is 0 Å². The summed E-state index contributed by atoms with van der Waals surface area (Å²) >= 11 is 0. The van der Waals surface area contributed by atoms with Gasteiger partial charge in [-0.2, -0.15) is 0 Å². The average molecular weight is 398 g/mol. The SMILES string of the molecule is Cc1ccc(C(=O)Nc2ccc(C)c(S(=O)(=O)Nc3ccccc3F)c2)cc1. The van der Waals surface area contributed by atoms with E-state index in [0.29, 0.717) is 16.8 Å². The number of hydrogen-bond donors (Lipinski definition) is 2. The zero-order chi connectivity index (χ0) is 20.3. The van der Waals surface area contributed by atoms with Crippen molar-refractivity contribution in [3.63, 3.8) is 0 Å². The zero-order valence-corrected chi connectivity index (χ0v) is 16.2. The highest BCUT2D eigenvalue weighted by Crippen LogP contribution is 2.24. The summed E-state index contributed by atoms with van der Waals surface area (Å²) in [5.41, 5.74) is 2.14. The van der Waals surface area contributed by atoms with E-state index in [9.17, 15) is 17.6 Å². The fraction of sp³-hybridized carbons (Fsp3) is 0.0952. The normalized spacial score (nSPS) is 11.1. The van der Waals surface area contributed by atoms with Crippen LogP contribution in [0.4, 0.5) is 15.8 Å². The van der Waals surface area contributed by atoms with Gasteiger partial charge in [0, 0.05) is 11.3 Å². The number of para-hydroxylation sites is 1. The predicted molar refractivity (Wildman–Crippen MR) is 108 cm³/mol. The minimum atomic E-state index is -4.04. The molecule has 2 N–H and O–H groups in total. The maximum atomic E-state index is 13.8. The zero-order valence-electron chi connectivity index (χ0n) is 15.4. The molecule has 0 radical (unpaired) electrons. The summed E-state index contributed by atoms with van der Waals surface area (Å²) < 4.78 is 41.5. The van der Waals surface area contributed by atoms with Crippen molar-refractivity contribution in [2.75, 3.05) is 10.0 Å². The first kappa shape index (κ1) is 19.6. The van der Waals surface area contributed by atoms with Crippen molar-refractivity contribution >= 4 is 27.3 Å². The number of halogens is 1. The number of amides is 1. The maximum absolute atomic E-state index is 13.8. The van der Waals surface area contributed by atoms with Gasteiger partial charge in [-0.05, 0) is 55.8 Å². The van der Waals surface area contributed by atoms with Crippen LogP contribution in [0.5, 0.6) is 0 Å². The number of carbonyl (C=O) groups excluding carboxylic acids is 1. The fourth-order valence-corrected chi connectivity index (χ4v) is 3.96. The summed E-state index contributed by atoms with van der Waals surface area (Å²) in [5, 5.41) is 2.69. The molecular formula is C21H19FN2O3S. The highest BCUT2D eigenvalue weighted by Gasteiger charge is 2.19. The molecule has 1 amide bonds. The average Bonchev–Trinajstić information content (AvgIpc) is 2.65. The van der Waals surface area contributed by atoms with Gasteiger partial charge in [0.2, 0.25) is 0 Å². The van der Waals surface area contributed by atoms with E-state index in [1.807, 2.05) is 19.1 Å². The minimum Gasteiger partial charge on any atom is -0.322 e. The van der Waals surface area contributed by atoms with E-state index in [-0.39, 0.29) is 16.5 Å². The summed E-state index contributed by atoms with van der Waals surface area (Å²) in [6.07, 6.45) is 0. The smallest absolute Gasteiger partial charge is 0.262 e. The first-order chi connectivity index (χ1) is 13.3. The molecule has 0 aliphatic rings. The summed E-state index contributed by atoms with van der Waals surface area (Å²) in [6, 6.07) is 17.1. The van der Waals surface area contributed by atoms with Crippen molar-refractivity contribution in [3.8, 4) is 0 Å². The lowest BCUT2D eigenvalue weighted by molar-refractivity contribution is 0.102. The van der Waals surface area contributed by atoms with Gasteiger partial charge in [0.25, 0.3) is 15.9 Å². The van der Waals surface area contributed by atoms with Gasteiger partial charge in [0.15, 0.2) is 0 Å². The molecule has 5 nitrogen and oxygen atoms in total. The topological polar surface area (TPSA) is 75.3 Å². The lowest BCUT2D eigenvalue weighted by atomic mass is 10.1. The molecule has 0 spiro atoms. The van der Waals surface area contributed by atoms with Gasteiger partial charge in [-0.15, -0.1) is 0 Å². The molecule has 0 saturated heterocycles. The van der Waals surface area contributed by atoms with E-state index in [2.05, 4.69) is 10.0 Å². The van der Waals surface area contributed by atoms with Crippen molar-refractivity contribution in [3.05, 3.63) is 89.2 Å². The number of aryl methyl sites for hydroxylation is 2. The van der Waals surface area contributed by atoms with Gasteiger partial charge in [0.1, 0.15) is 5.82 Å². The first-order valence-corrected chi connectivity index (χ1v) is 10.0. The van der Waals surface area contributed by atoms with Crippen LogP contribution in [0.1, 0.15) is 21.5 Å². The van der Waals surface area contributed by atoms with Crippen molar-refractivity contribution in [2.45, 2.75) is 18.7 Å². The maximum Gasteiger partial charge on any atom is 0.262 e. The summed E-state index contributed by atoms with van der Waals surface area (Å²) in [4.78, 5) is 12.3. The Morgan fingerprint density at radius 3 is 2.29 bits per heavy atom. The van der Waals surface area contributed by atoms with Gasteiger partial charge < -0.3 is 5.32 Å². The van der Waals surface area contributed by atoms with Gasteiger partial charge in [-0.1, -0.05) is 35.9 Å². The molecule has 144 valence electrons. The molecule has 0 aliphatic heterocycles. The Labute approximate surface area is 163 Å². The van der Waals surface area contributed by atoms with Crippen LogP contribution in [0.2, 0.25) is 0 Å². The largest absolute Gasteiger partial charge is 0.322 e. The quantitative estimate of drug-likeness (QED) is 0.665. The van der Waals surface area contributed by atoms with Crippen molar-refractivity contribution in [1.82, 2.24) is 0 Å². The van der Waals surface area contributed by atoms with Crippen LogP contribution in [0, 0.1) is 19.7 Å². The summed E-state index contributed by atoms with van der Waals surface area (Å²) in [6.45, 7) is 3.54. The van der Waals surface area contributed by atoms with E-state index in [1.54, 1.807) is 31.2 Å². The van der Waals surface area contributed by atoms with Crippen molar-refractivity contribution < 1.29 is 17.6 Å². The van der Waals surface area contributed by atoms with E-state index in [4.69, 9.17) is 0 Å². The Hall–Kier alpha value is -3.19. The predicted octanol–water partition coefficient (Wildman–Crippen LogP) is 4.50. The van der Waals surface area contributed by atoms with Gasteiger partial charge in [-0.25, -0.2) is 12.8 Å². The highest BCUT2D eigenvalue weighted by molar-refractivity contribution is 7.92. The van der Waals surface area contributed by atoms with Gasteiger partial charge >= 0.3 is 0 Å². The number of hydrogen-bond acceptors (Lipinski definition) is 3. The Bertz CT molecular complexity index is 1130. The number of sulfonamides is 1. The molecule has 0 bridgehead atoms. The first-order valence-electron chi connectivity index (χ1n) is 8.52. The second-order valence-corrected chi connectivity index (χ2v) is 8.04. The fourth-order valence-electron chi connectivity index (χ4n) is 2.62. The van der Waals surface area contributed by atoms with Crippen molar-refractivity contribution in [1.29, 1.82) is 0 Å². The number of benzene rings is 3. The van der Waals surface area contributed by atoms with Crippen LogP contribution in [-0.2, 0) is 10.0 Å². The van der Waals surface area contributed by atoms with E-state index < -0.39 is 15.8 Å². The van der Waals surface area contributed by atoms with Crippen LogP contribution >= 0.6 is 0 Å². The third kappa shape index (κ3) is 4.37. The second kappa shape index (κ2) is 7.82. The number of anilines is 2. The summed E-state index contributed by atoms with van der Waals surface area (Å²) in [5.74, 6) is -1.03. The lowest BCUT2D eigenvalue weighted by Crippen LogP contribution is -2.17. The molecule has 0 fully saturated rings. The minimum absolute atomic E-state index is 0.0440. The number of nitrogens with one attached hydrogen (secondary N) is 2. The molecule has 3 aromatic rings. The molecule has 0 aromatic heterocycles. The Morgan fingerprint density at radius 1 is 0.929 bits per heavy atom. The molecule has 0 heterocycles. The molecule has 0 atom stereocenters. The third-order valence-corrected chi connectivity index (χ3v) is 5.67. The molecule has 3 rings (SSSR count). The van der Waals surface area contributed by atoms with Crippen LogP contribution in [-0.4, -0.2) is 14.3 Å². The van der Waals surface area contributed by atoms with E-state index in [0.717, 1.165) is 5.56 Å². The molecule has 3 aromatic carbocycles. The molecule has 7 heteroatoms. The molecule has 28 heavy (non-hydrogen) atoms. The van der Waals surface area contributed by atoms with Crippen LogP contribution in [0.15, 0.2) is 71.6 Å². The van der Waals surface area contributed by atoms with Crippen molar-refractivity contribution in [2.24, 2.45) is 0 Å². The lowest BCUT2D eigenvalue weighted by Gasteiger charge is -2.13. The molecule has 0 aliphatic carbocycles. The monoisotopic (exact) mass is 398 g/mol. The Morgan fingerprint density at radius 2 is 1.61 bits per heavy atom.